The number of halogens is 1. The summed E-state index contributed by atoms with van der Waals surface area (Å²) in [5.41, 5.74) is 0.918. The molecule has 28 heavy (non-hydrogen) atoms. The van der Waals surface area contributed by atoms with Gasteiger partial charge in [-0.05, 0) is 25.1 Å². The molecule has 0 saturated carbocycles. The Hall–Kier alpha value is -1.33. The van der Waals surface area contributed by atoms with E-state index in [-0.39, 0.29) is 21.7 Å². The fourth-order valence-corrected chi connectivity index (χ4v) is 6.91. The van der Waals surface area contributed by atoms with E-state index < -0.39 is 16.1 Å². The standard InChI is InChI=1S/C17H20ClN3O4S3/c1-11-20-12(8-27-11)5-6-19-17(22)15-9-26-10-21(15)28(23,24)13-3-4-16(25-2)14(18)7-13/h3-4,7-8,15H,5-6,9-10H2,1-2H3,(H,19,22)/t15-/m1/s1. The van der Waals surface area contributed by atoms with Gasteiger partial charge in [-0.25, -0.2) is 13.4 Å². The minimum absolute atomic E-state index is 0.0385. The zero-order chi connectivity index (χ0) is 20.3. The number of ether oxygens (including phenoxy) is 1. The maximum absolute atomic E-state index is 13.0. The van der Waals surface area contributed by atoms with E-state index in [1.54, 1.807) is 11.3 Å². The van der Waals surface area contributed by atoms with Crippen molar-refractivity contribution in [1.29, 1.82) is 0 Å². The van der Waals surface area contributed by atoms with Gasteiger partial charge in [0.1, 0.15) is 11.8 Å². The smallest absolute Gasteiger partial charge is 0.244 e. The monoisotopic (exact) mass is 461 g/mol. The van der Waals surface area contributed by atoms with E-state index in [4.69, 9.17) is 16.3 Å². The molecule has 1 aromatic carbocycles. The van der Waals surface area contributed by atoms with Crippen molar-refractivity contribution in [3.63, 3.8) is 0 Å². The molecule has 7 nitrogen and oxygen atoms in total. The van der Waals surface area contributed by atoms with Crippen molar-refractivity contribution in [3.8, 4) is 5.75 Å². The number of rotatable bonds is 7. The number of aromatic nitrogens is 1. The number of thiazole rings is 1. The van der Waals surface area contributed by atoms with Gasteiger partial charge < -0.3 is 10.1 Å². The number of thioether (sulfide) groups is 1. The number of amides is 1. The van der Waals surface area contributed by atoms with Gasteiger partial charge in [0.15, 0.2) is 0 Å². The van der Waals surface area contributed by atoms with Crippen LogP contribution in [0.4, 0.5) is 0 Å². The normalized spacial score (nSPS) is 17.6. The van der Waals surface area contributed by atoms with Gasteiger partial charge in [-0.1, -0.05) is 11.6 Å². The van der Waals surface area contributed by atoms with Gasteiger partial charge in [0.2, 0.25) is 15.9 Å². The lowest BCUT2D eigenvalue weighted by atomic mass is 10.3. The third-order valence-corrected chi connectivity index (χ3v) is 8.37. The molecule has 1 saturated heterocycles. The van der Waals surface area contributed by atoms with Crippen molar-refractivity contribution in [2.75, 3.05) is 25.3 Å². The SMILES string of the molecule is COc1ccc(S(=O)(=O)N2CSC[C@@H]2C(=O)NCCc2csc(C)n2)cc1Cl. The largest absolute Gasteiger partial charge is 0.495 e. The number of carbonyl (C=O) groups excluding carboxylic acids is 1. The Kier molecular flexibility index (Phi) is 6.87. The zero-order valence-corrected chi connectivity index (χ0v) is 18.6. The maximum Gasteiger partial charge on any atom is 0.244 e. The van der Waals surface area contributed by atoms with E-state index in [9.17, 15) is 13.2 Å². The molecule has 0 spiro atoms. The summed E-state index contributed by atoms with van der Waals surface area (Å²) in [7, 11) is -2.40. The summed E-state index contributed by atoms with van der Waals surface area (Å²) in [4.78, 5) is 17.0. The Balaban J connectivity index is 1.68. The van der Waals surface area contributed by atoms with Gasteiger partial charge >= 0.3 is 0 Å². The Labute approximate surface area is 177 Å². The van der Waals surface area contributed by atoms with Crippen LogP contribution in [-0.2, 0) is 21.2 Å². The van der Waals surface area contributed by atoms with E-state index in [1.807, 2.05) is 12.3 Å². The molecule has 0 radical (unpaired) electrons. The highest BCUT2D eigenvalue weighted by atomic mass is 35.5. The van der Waals surface area contributed by atoms with Crippen molar-refractivity contribution in [3.05, 3.63) is 39.3 Å². The van der Waals surface area contributed by atoms with Crippen molar-refractivity contribution >= 4 is 50.6 Å². The van der Waals surface area contributed by atoms with Crippen LogP contribution in [0.15, 0.2) is 28.5 Å². The van der Waals surface area contributed by atoms with Crippen LogP contribution in [0, 0.1) is 6.92 Å². The minimum Gasteiger partial charge on any atom is -0.495 e. The van der Waals surface area contributed by atoms with Crippen LogP contribution in [0.3, 0.4) is 0 Å². The first-order valence-corrected chi connectivity index (χ1v) is 12.3. The highest BCUT2D eigenvalue weighted by Crippen LogP contribution is 2.32. The van der Waals surface area contributed by atoms with Crippen molar-refractivity contribution in [2.24, 2.45) is 0 Å². The fraction of sp³-hybridized carbons (Fsp3) is 0.412. The van der Waals surface area contributed by atoms with Gasteiger partial charge in [0.05, 0.1) is 33.6 Å². The molecule has 2 heterocycles. The predicted molar refractivity (Wildman–Crippen MR) is 112 cm³/mol. The summed E-state index contributed by atoms with van der Waals surface area (Å²) in [5, 5.41) is 5.96. The number of carbonyl (C=O) groups is 1. The molecular weight excluding hydrogens is 442 g/mol. The molecule has 1 aromatic heterocycles. The molecule has 1 aliphatic heterocycles. The molecule has 11 heteroatoms. The molecule has 1 aliphatic rings. The van der Waals surface area contributed by atoms with Crippen LogP contribution >= 0.6 is 34.7 Å². The van der Waals surface area contributed by atoms with Crippen LogP contribution in [0.5, 0.6) is 5.75 Å². The highest BCUT2D eigenvalue weighted by molar-refractivity contribution is 8.00. The molecule has 0 aliphatic carbocycles. The molecule has 2 aromatic rings. The second-order valence-corrected chi connectivity index (χ2v) is 10.5. The van der Waals surface area contributed by atoms with E-state index in [2.05, 4.69) is 10.3 Å². The van der Waals surface area contributed by atoms with Crippen molar-refractivity contribution < 1.29 is 17.9 Å². The van der Waals surface area contributed by atoms with Gasteiger partial charge in [0, 0.05) is 24.1 Å². The van der Waals surface area contributed by atoms with Crippen molar-refractivity contribution in [1.82, 2.24) is 14.6 Å². The number of nitrogens with zero attached hydrogens (tertiary/aromatic N) is 2. The molecule has 152 valence electrons. The van der Waals surface area contributed by atoms with Crippen LogP contribution in [-0.4, -0.2) is 54.9 Å². The molecule has 1 N–H and O–H groups in total. The van der Waals surface area contributed by atoms with E-state index in [0.29, 0.717) is 24.5 Å². The summed E-state index contributed by atoms with van der Waals surface area (Å²) in [6.07, 6.45) is 0.608. The lowest BCUT2D eigenvalue weighted by Gasteiger charge is -2.22. The van der Waals surface area contributed by atoms with E-state index in [0.717, 1.165) is 10.7 Å². The van der Waals surface area contributed by atoms with Gasteiger partial charge in [-0.2, -0.15) is 4.31 Å². The number of aryl methyl sites for hydroxylation is 1. The molecule has 0 bridgehead atoms. The number of hydrogen-bond donors (Lipinski definition) is 1. The molecule has 1 atom stereocenters. The summed E-state index contributed by atoms with van der Waals surface area (Å²) >= 11 is 9.03. The maximum atomic E-state index is 13.0. The van der Waals surface area contributed by atoms with Crippen LogP contribution < -0.4 is 10.1 Å². The van der Waals surface area contributed by atoms with Gasteiger partial charge in [-0.3, -0.25) is 4.79 Å². The van der Waals surface area contributed by atoms with Crippen LogP contribution in [0.1, 0.15) is 10.7 Å². The number of hydrogen-bond acceptors (Lipinski definition) is 7. The highest BCUT2D eigenvalue weighted by Gasteiger charge is 2.40. The average molecular weight is 462 g/mol. The summed E-state index contributed by atoms with van der Waals surface area (Å²) in [6.45, 7) is 2.34. The Morgan fingerprint density at radius 1 is 1.46 bits per heavy atom. The lowest BCUT2D eigenvalue weighted by Crippen LogP contribution is -2.47. The second kappa shape index (κ2) is 9.00. The first kappa shape index (κ1) is 21.4. The first-order chi connectivity index (χ1) is 13.3. The molecule has 1 fully saturated rings. The van der Waals surface area contributed by atoms with Gasteiger partial charge in [-0.15, -0.1) is 23.1 Å². The second-order valence-electron chi connectivity index (χ2n) is 6.10. The van der Waals surface area contributed by atoms with E-state index >= 15 is 0 Å². The minimum atomic E-state index is -3.85. The predicted octanol–water partition coefficient (Wildman–Crippen LogP) is 2.54. The van der Waals surface area contributed by atoms with Gasteiger partial charge in [0.25, 0.3) is 0 Å². The van der Waals surface area contributed by atoms with Crippen molar-refractivity contribution in [2.45, 2.75) is 24.3 Å². The molecular formula is C17H20ClN3O4S3. The third kappa shape index (κ3) is 4.62. The third-order valence-electron chi connectivity index (χ3n) is 4.22. The molecule has 3 rings (SSSR count). The number of benzene rings is 1. The summed E-state index contributed by atoms with van der Waals surface area (Å²) in [6, 6.07) is 3.53. The average Bonchev–Trinajstić information content (AvgIpc) is 3.31. The molecule has 1 amide bonds. The summed E-state index contributed by atoms with van der Waals surface area (Å²) in [5.74, 6) is 0.711. The van der Waals surface area contributed by atoms with E-state index in [1.165, 1.54) is 41.4 Å². The topological polar surface area (TPSA) is 88.6 Å². The number of nitrogens with one attached hydrogen (secondary N) is 1. The van der Waals surface area contributed by atoms with Crippen LogP contribution in [0.2, 0.25) is 5.02 Å². The number of methoxy groups -OCH3 is 1. The fourth-order valence-electron chi connectivity index (χ4n) is 2.77. The summed E-state index contributed by atoms with van der Waals surface area (Å²) < 4.78 is 32.3. The Morgan fingerprint density at radius 3 is 2.89 bits per heavy atom. The zero-order valence-electron chi connectivity index (χ0n) is 15.3. The van der Waals surface area contributed by atoms with Crippen LogP contribution in [0.25, 0.3) is 0 Å². The lowest BCUT2D eigenvalue weighted by molar-refractivity contribution is -0.123. The number of sulfonamides is 1. The first-order valence-electron chi connectivity index (χ1n) is 8.45. The molecule has 0 unspecified atom stereocenters. The Morgan fingerprint density at radius 2 is 2.25 bits per heavy atom. The quantitative estimate of drug-likeness (QED) is 0.681. The Bertz CT molecular complexity index is 964.